The van der Waals surface area contributed by atoms with Crippen LogP contribution in [0.2, 0.25) is 0 Å². The maximum atomic E-state index is 12.8. The number of carbonyl (C=O) groups excluding carboxylic acids is 1. The molecule has 0 atom stereocenters. The number of H-pyrrole nitrogens is 1. The summed E-state index contributed by atoms with van der Waals surface area (Å²) < 4.78 is 5.59. The summed E-state index contributed by atoms with van der Waals surface area (Å²) in [7, 11) is 1.54. The van der Waals surface area contributed by atoms with Crippen LogP contribution in [0.4, 0.5) is 0 Å². The van der Waals surface area contributed by atoms with Gasteiger partial charge in [-0.2, -0.15) is 5.10 Å². The maximum Gasteiger partial charge on any atom is 0.255 e. The predicted octanol–water partition coefficient (Wildman–Crippen LogP) is 2.86. The van der Waals surface area contributed by atoms with E-state index in [0.717, 1.165) is 10.9 Å². The molecule has 0 saturated heterocycles. The number of aromatic amines is 1. The third-order valence-electron chi connectivity index (χ3n) is 4.33. The van der Waals surface area contributed by atoms with Crippen LogP contribution in [0.1, 0.15) is 27.3 Å². The number of pyridine rings is 1. The molecule has 4 aromatic rings. The fourth-order valence-corrected chi connectivity index (χ4v) is 2.96. The van der Waals surface area contributed by atoms with Gasteiger partial charge in [-0.25, -0.2) is 0 Å². The Labute approximate surface area is 166 Å². The minimum atomic E-state index is -0.238. The molecule has 1 aromatic carbocycles. The number of rotatable bonds is 6. The second-order valence-electron chi connectivity index (χ2n) is 6.19. The molecule has 1 amide bonds. The first-order valence-electron chi connectivity index (χ1n) is 8.92. The lowest BCUT2D eigenvalue weighted by Gasteiger charge is -2.10. The number of fused-ring (bicyclic) bond motifs is 1. The van der Waals surface area contributed by atoms with E-state index in [4.69, 9.17) is 4.74 Å². The summed E-state index contributed by atoms with van der Waals surface area (Å²) in [6.07, 6.45) is 11.9. The van der Waals surface area contributed by atoms with Crippen molar-refractivity contribution in [3.05, 3.63) is 77.8 Å². The topological polar surface area (TPSA) is 106 Å². The van der Waals surface area contributed by atoms with Crippen LogP contribution in [0.3, 0.4) is 0 Å². The van der Waals surface area contributed by atoms with Crippen molar-refractivity contribution in [3.63, 3.8) is 0 Å². The van der Waals surface area contributed by atoms with Crippen LogP contribution in [0.15, 0.2) is 55.2 Å². The molecule has 29 heavy (non-hydrogen) atoms. The molecule has 4 rings (SSSR count). The maximum absolute atomic E-state index is 12.8. The quantitative estimate of drug-likeness (QED) is 0.528. The molecular formula is C21H18N6O2. The van der Waals surface area contributed by atoms with Gasteiger partial charge in [0.15, 0.2) is 0 Å². The molecule has 144 valence electrons. The number of methoxy groups -OCH3 is 1. The number of aromatic nitrogens is 5. The molecule has 8 nitrogen and oxygen atoms in total. The molecule has 8 heteroatoms. The Morgan fingerprint density at radius 3 is 2.79 bits per heavy atom. The van der Waals surface area contributed by atoms with Crippen molar-refractivity contribution in [3.8, 4) is 5.75 Å². The van der Waals surface area contributed by atoms with Gasteiger partial charge in [0.25, 0.3) is 5.91 Å². The molecule has 3 heterocycles. The first kappa shape index (κ1) is 18.3. The van der Waals surface area contributed by atoms with Gasteiger partial charge in [-0.15, -0.1) is 0 Å². The van der Waals surface area contributed by atoms with Crippen LogP contribution in [-0.2, 0) is 6.54 Å². The molecule has 0 aliphatic carbocycles. The summed E-state index contributed by atoms with van der Waals surface area (Å²) in [5.41, 5.74) is 3.46. The Morgan fingerprint density at radius 2 is 2.03 bits per heavy atom. The second-order valence-corrected chi connectivity index (χ2v) is 6.19. The van der Waals surface area contributed by atoms with Crippen LogP contribution in [0, 0.1) is 0 Å². The number of hydrogen-bond acceptors (Lipinski definition) is 6. The van der Waals surface area contributed by atoms with Gasteiger partial charge in [-0.3, -0.25) is 24.8 Å². The third kappa shape index (κ3) is 3.96. The molecule has 0 radical (unpaired) electrons. The lowest BCUT2D eigenvalue weighted by atomic mass is 10.1. The van der Waals surface area contributed by atoms with E-state index in [1.807, 2.05) is 24.3 Å². The SMILES string of the molecule is COc1c(C(=O)NCc2cccnc2)ccc2n[nH]c(C=Cc3cnccn3)c12. The van der Waals surface area contributed by atoms with Crippen molar-refractivity contribution < 1.29 is 9.53 Å². The first-order chi connectivity index (χ1) is 14.3. The number of benzene rings is 1. The smallest absolute Gasteiger partial charge is 0.255 e. The summed E-state index contributed by atoms with van der Waals surface area (Å²) >= 11 is 0. The highest BCUT2D eigenvalue weighted by molar-refractivity contribution is 6.05. The van der Waals surface area contributed by atoms with Crippen LogP contribution >= 0.6 is 0 Å². The molecule has 0 aliphatic rings. The van der Waals surface area contributed by atoms with E-state index < -0.39 is 0 Å². The molecule has 0 saturated carbocycles. The lowest BCUT2D eigenvalue weighted by Crippen LogP contribution is -2.23. The zero-order valence-electron chi connectivity index (χ0n) is 15.7. The molecule has 0 fully saturated rings. The molecule has 0 bridgehead atoms. The average molecular weight is 386 g/mol. The van der Waals surface area contributed by atoms with E-state index in [0.29, 0.717) is 34.8 Å². The number of nitrogens with one attached hydrogen (secondary N) is 2. The Bertz CT molecular complexity index is 1160. The Hall–Kier alpha value is -4.07. The van der Waals surface area contributed by atoms with Crippen molar-refractivity contribution >= 4 is 29.0 Å². The van der Waals surface area contributed by atoms with Crippen molar-refractivity contribution in [1.29, 1.82) is 0 Å². The van der Waals surface area contributed by atoms with Crippen LogP contribution in [0.25, 0.3) is 23.1 Å². The number of hydrogen-bond donors (Lipinski definition) is 2. The molecular weight excluding hydrogens is 368 g/mol. The standard InChI is InChI=1S/C21H18N6O2/c1-29-20-16(21(28)25-12-14-3-2-8-22-11-14)5-7-18-19(20)17(26-27-18)6-4-15-13-23-9-10-24-15/h2-11,13H,12H2,1H3,(H,25,28)(H,26,27). The highest BCUT2D eigenvalue weighted by Gasteiger charge is 2.18. The van der Waals surface area contributed by atoms with Gasteiger partial charge in [-0.1, -0.05) is 6.07 Å². The largest absolute Gasteiger partial charge is 0.495 e. The summed E-state index contributed by atoms with van der Waals surface area (Å²) in [6, 6.07) is 7.22. The number of amides is 1. The highest BCUT2D eigenvalue weighted by Crippen LogP contribution is 2.32. The van der Waals surface area contributed by atoms with Gasteiger partial charge in [0.2, 0.25) is 0 Å². The van der Waals surface area contributed by atoms with Gasteiger partial charge in [0.05, 0.1) is 41.2 Å². The zero-order chi connectivity index (χ0) is 20.1. The zero-order valence-corrected chi connectivity index (χ0v) is 15.7. The van der Waals surface area contributed by atoms with Crippen molar-refractivity contribution in [2.45, 2.75) is 6.54 Å². The van der Waals surface area contributed by atoms with Crippen LogP contribution < -0.4 is 10.1 Å². The van der Waals surface area contributed by atoms with Crippen molar-refractivity contribution in [1.82, 2.24) is 30.5 Å². The molecule has 0 spiro atoms. The van der Waals surface area contributed by atoms with Gasteiger partial charge >= 0.3 is 0 Å². The van der Waals surface area contributed by atoms with Gasteiger partial charge in [0.1, 0.15) is 5.75 Å². The van der Waals surface area contributed by atoms with E-state index in [1.54, 1.807) is 43.1 Å². The van der Waals surface area contributed by atoms with E-state index in [9.17, 15) is 4.79 Å². The molecule has 3 aromatic heterocycles. The lowest BCUT2D eigenvalue weighted by molar-refractivity contribution is 0.0948. The van der Waals surface area contributed by atoms with E-state index >= 15 is 0 Å². The monoisotopic (exact) mass is 386 g/mol. The number of ether oxygens (including phenoxy) is 1. The predicted molar refractivity (Wildman–Crippen MR) is 109 cm³/mol. The summed E-state index contributed by atoms with van der Waals surface area (Å²) in [5.74, 6) is 0.219. The Balaban J connectivity index is 1.65. The van der Waals surface area contributed by atoms with Gasteiger partial charge in [0, 0.05) is 31.3 Å². The fourth-order valence-electron chi connectivity index (χ4n) is 2.96. The van der Waals surface area contributed by atoms with E-state index in [1.165, 1.54) is 7.11 Å². The first-order valence-corrected chi connectivity index (χ1v) is 8.92. The van der Waals surface area contributed by atoms with E-state index in [-0.39, 0.29) is 5.91 Å². The van der Waals surface area contributed by atoms with E-state index in [2.05, 4.69) is 30.5 Å². The highest BCUT2D eigenvalue weighted by atomic mass is 16.5. The van der Waals surface area contributed by atoms with Gasteiger partial charge < -0.3 is 10.1 Å². The Kier molecular flexibility index (Phi) is 5.24. The van der Waals surface area contributed by atoms with Crippen molar-refractivity contribution in [2.75, 3.05) is 7.11 Å². The summed E-state index contributed by atoms with van der Waals surface area (Å²) in [4.78, 5) is 25.1. The Morgan fingerprint density at radius 1 is 1.14 bits per heavy atom. The average Bonchev–Trinajstić information content (AvgIpc) is 3.20. The number of carbonyl (C=O) groups is 1. The molecule has 2 N–H and O–H groups in total. The summed E-state index contributed by atoms with van der Waals surface area (Å²) in [5, 5.41) is 10.9. The second kappa shape index (κ2) is 8.30. The minimum Gasteiger partial charge on any atom is -0.495 e. The summed E-state index contributed by atoms with van der Waals surface area (Å²) in [6.45, 7) is 0.374. The molecule has 0 aliphatic heterocycles. The van der Waals surface area contributed by atoms with Gasteiger partial charge in [-0.05, 0) is 35.9 Å². The third-order valence-corrected chi connectivity index (χ3v) is 4.33. The van der Waals surface area contributed by atoms with Crippen molar-refractivity contribution in [2.24, 2.45) is 0 Å². The molecule has 0 unspecified atom stereocenters. The normalized spacial score (nSPS) is 11.1. The number of nitrogens with zero attached hydrogens (tertiary/aromatic N) is 4. The minimum absolute atomic E-state index is 0.238. The van der Waals surface area contributed by atoms with Crippen LogP contribution in [0.5, 0.6) is 5.75 Å². The van der Waals surface area contributed by atoms with Crippen LogP contribution in [-0.4, -0.2) is 38.2 Å². The fraction of sp³-hybridized carbons (Fsp3) is 0.0952.